The first kappa shape index (κ1) is 8.66. The van der Waals surface area contributed by atoms with Crippen LogP contribution in [0, 0.1) is 6.20 Å². The van der Waals surface area contributed by atoms with Crippen LogP contribution in [-0.2, 0) is 25.0 Å². The van der Waals surface area contributed by atoms with E-state index in [1.54, 1.807) is 6.20 Å². The van der Waals surface area contributed by atoms with Crippen LogP contribution in [0.2, 0.25) is 0 Å². The minimum Gasteiger partial charge on any atom is -0.376 e. The van der Waals surface area contributed by atoms with Gasteiger partial charge in [-0.05, 0) is 6.33 Å². The summed E-state index contributed by atoms with van der Waals surface area (Å²) < 4.78 is 0. The van der Waals surface area contributed by atoms with Crippen LogP contribution in [0.5, 0.6) is 0 Å². The molecular formula is C6H7N2V+. The van der Waals surface area contributed by atoms with E-state index in [1.807, 2.05) is 0 Å². The summed E-state index contributed by atoms with van der Waals surface area (Å²) >= 11 is 0. The van der Waals surface area contributed by atoms with Gasteiger partial charge in [-0.3, -0.25) is 0 Å². The second-order valence-corrected chi connectivity index (χ2v) is 1.51. The average molecular weight is 158 g/mol. The van der Waals surface area contributed by atoms with E-state index in [1.165, 1.54) is 6.33 Å². The molecular weight excluding hydrogens is 151 g/mol. The molecule has 0 aliphatic carbocycles. The molecule has 0 bridgehead atoms. The molecule has 3 heteroatoms. The molecule has 0 atom stereocenters. The predicted molar refractivity (Wildman–Crippen MR) is 30.2 cm³/mol. The summed E-state index contributed by atoms with van der Waals surface area (Å²) in [6.07, 6.45) is 7.02. The third-order valence-electron chi connectivity index (χ3n) is 0.944. The third-order valence-corrected chi connectivity index (χ3v) is 0.944. The van der Waals surface area contributed by atoms with Gasteiger partial charge in [0, 0.05) is 0 Å². The Kier molecular flexibility index (Phi) is 4.37. The van der Waals surface area contributed by atoms with Crippen LogP contribution in [0.15, 0.2) is 12.5 Å². The Balaban J connectivity index is 0.000000640. The second kappa shape index (κ2) is 4.53. The van der Waals surface area contributed by atoms with E-state index in [2.05, 4.69) is 23.1 Å². The van der Waals surface area contributed by atoms with E-state index in [4.69, 9.17) is 0 Å². The van der Waals surface area contributed by atoms with E-state index in [-0.39, 0.29) is 18.6 Å². The summed E-state index contributed by atoms with van der Waals surface area (Å²) in [5.41, 5.74) is 1.06. The molecule has 0 fully saturated rings. The van der Waals surface area contributed by atoms with Gasteiger partial charge in [-0.2, -0.15) is 0 Å². The topological polar surface area (TPSA) is 25.8 Å². The monoisotopic (exact) mass is 158 g/mol. The maximum atomic E-state index is 3.81. The molecule has 9 heavy (non-hydrogen) atoms. The van der Waals surface area contributed by atoms with Gasteiger partial charge < -0.3 is 9.97 Å². The van der Waals surface area contributed by atoms with Crippen molar-refractivity contribution in [3.05, 3.63) is 24.3 Å². The Hall–Kier alpha value is -0.336. The molecule has 0 aliphatic rings. The standard InChI is InChI=1S/C6H7N2.V/c1-2-6-3-7-5-8-4-6;/h3,5H,2H2,1H3;/q-1;+2. The summed E-state index contributed by atoms with van der Waals surface area (Å²) in [5, 5.41) is 0. The predicted octanol–water partition coefficient (Wildman–Crippen LogP) is 0.837. The molecule has 0 aromatic carbocycles. The molecule has 0 saturated heterocycles. The number of rotatable bonds is 1. The van der Waals surface area contributed by atoms with Crippen LogP contribution in [0.4, 0.5) is 0 Å². The van der Waals surface area contributed by atoms with Crippen molar-refractivity contribution in [2.45, 2.75) is 13.3 Å². The van der Waals surface area contributed by atoms with E-state index < -0.39 is 0 Å². The van der Waals surface area contributed by atoms with Crippen molar-refractivity contribution < 1.29 is 18.6 Å². The van der Waals surface area contributed by atoms with Crippen LogP contribution < -0.4 is 0 Å². The second-order valence-electron chi connectivity index (χ2n) is 1.51. The molecule has 1 radical (unpaired) electrons. The first-order valence-corrected chi connectivity index (χ1v) is 2.60. The Morgan fingerprint density at radius 2 is 2.44 bits per heavy atom. The van der Waals surface area contributed by atoms with Gasteiger partial charge >= 0.3 is 18.6 Å². The Bertz CT molecular complexity index is 152. The summed E-state index contributed by atoms with van der Waals surface area (Å²) in [4.78, 5) is 7.53. The van der Waals surface area contributed by atoms with Crippen molar-refractivity contribution in [2.24, 2.45) is 0 Å². The van der Waals surface area contributed by atoms with Gasteiger partial charge in [0.15, 0.2) is 0 Å². The van der Waals surface area contributed by atoms with E-state index >= 15 is 0 Å². The minimum absolute atomic E-state index is 0. The van der Waals surface area contributed by atoms with Gasteiger partial charge in [0.05, 0.1) is 0 Å². The van der Waals surface area contributed by atoms with Gasteiger partial charge in [0.2, 0.25) is 0 Å². The zero-order valence-electron chi connectivity index (χ0n) is 5.20. The van der Waals surface area contributed by atoms with Gasteiger partial charge in [-0.1, -0.05) is 25.7 Å². The average Bonchev–Trinajstić information content (AvgIpc) is 1.90. The van der Waals surface area contributed by atoms with Crippen molar-refractivity contribution in [1.82, 2.24) is 9.97 Å². The minimum atomic E-state index is 0. The molecule has 1 aromatic rings. The zero-order valence-corrected chi connectivity index (χ0v) is 6.60. The van der Waals surface area contributed by atoms with Crippen molar-refractivity contribution in [3.63, 3.8) is 0 Å². The molecule has 1 aromatic heterocycles. The van der Waals surface area contributed by atoms with Crippen LogP contribution >= 0.6 is 0 Å². The van der Waals surface area contributed by atoms with Crippen molar-refractivity contribution in [2.75, 3.05) is 0 Å². The molecule has 0 aliphatic heterocycles. The summed E-state index contributed by atoms with van der Waals surface area (Å²) in [6.45, 7) is 2.05. The normalized spacial score (nSPS) is 8.11. The molecule has 0 saturated carbocycles. The first-order chi connectivity index (χ1) is 3.93. The third kappa shape index (κ3) is 2.63. The van der Waals surface area contributed by atoms with Crippen molar-refractivity contribution >= 4 is 0 Å². The summed E-state index contributed by atoms with van der Waals surface area (Å²) in [7, 11) is 0. The van der Waals surface area contributed by atoms with Crippen LogP contribution in [-0.4, -0.2) is 9.97 Å². The fourth-order valence-corrected chi connectivity index (χ4v) is 0.468. The summed E-state index contributed by atoms with van der Waals surface area (Å²) in [5.74, 6) is 0. The number of aryl methyl sites for hydroxylation is 1. The Labute approximate surface area is 66.6 Å². The van der Waals surface area contributed by atoms with Crippen LogP contribution in [0.1, 0.15) is 12.5 Å². The largest absolute Gasteiger partial charge is 2.00 e. The zero-order chi connectivity index (χ0) is 5.82. The molecule has 0 N–H and O–H groups in total. The van der Waals surface area contributed by atoms with Gasteiger partial charge in [0.25, 0.3) is 0 Å². The van der Waals surface area contributed by atoms with Gasteiger partial charge in [-0.25, -0.2) is 0 Å². The first-order valence-electron chi connectivity index (χ1n) is 2.60. The summed E-state index contributed by atoms with van der Waals surface area (Å²) in [6, 6.07) is 0. The van der Waals surface area contributed by atoms with E-state index in [0.29, 0.717) is 0 Å². The van der Waals surface area contributed by atoms with Crippen LogP contribution in [0.25, 0.3) is 0 Å². The van der Waals surface area contributed by atoms with Crippen LogP contribution in [0.3, 0.4) is 0 Å². The molecule has 0 unspecified atom stereocenters. The number of hydrogen-bond donors (Lipinski definition) is 0. The SMILES string of the molecule is CCc1[c-]ncnc1.[V+2]. The molecule has 2 nitrogen and oxygen atoms in total. The van der Waals surface area contributed by atoms with Crippen molar-refractivity contribution in [3.8, 4) is 0 Å². The van der Waals surface area contributed by atoms with Crippen molar-refractivity contribution in [1.29, 1.82) is 0 Å². The molecule has 0 amide bonds. The molecule has 1 heterocycles. The van der Waals surface area contributed by atoms with Gasteiger partial charge in [0.1, 0.15) is 0 Å². The number of nitrogens with zero attached hydrogens (tertiary/aromatic N) is 2. The van der Waals surface area contributed by atoms with E-state index in [0.717, 1.165) is 12.0 Å². The smallest absolute Gasteiger partial charge is 0.376 e. The molecule has 0 spiro atoms. The van der Waals surface area contributed by atoms with E-state index in [9.17, 15) is 0 Å². The number of hydrogen-bond acceptors (Lipinski definition) is 2. The quantitative estimate of drug-likeness (QED) is 0.566. The Morgan fingerprint density at radius 3 is 2.78 bits per heavy atom. The maximum absolute atomic E-state index is 3.81. The number of aromatic nitrogens is 2. The molecule has 1 rings (SSSR count). The fourth-order valence-electron chi connectivity index (χ4n) is 0.468. The van der Waals surface area contributed by atoms with Gasteiger partial charge in [-0.15, -0.1) is 5.56 Å². The molecule has 45 valence electrons. The maximum Gasteiger partial charge on any atom is 2.00 e. The fraction of sp³-hybridized carbons (Fsp3) is 0.333. The Morgan fingerprint density at radius 1 is 1.67 bits per heavy atom.